The molecule has 0 aromatic carbocycles. The lowest BCUT2D eigenvalue weighted by molar-refractivity contribution is -0.143. The molecule has 0 saturated heterocycles. The van der Waals surface area contributed by atoms with E-state index in [4.69, 9.17) is 16.6 Å². The van der Waals surface area contributed by atoms with E-state index in [9.17, 15) is 24.0 Å². The fourth-order valence-corrected chi connectivity index (χ4v) is 2.59. The maximum Gasteiger partial charge on any atom is 0.326 e. The third kappa shape index (κ3) is 8.42. The minimum absolute atomic E-state index is 0.188. The number of primary amides is 1. The van der Waals surface area contributed by atoms with Gasteiger partial charge in [0, 0.05) is 18.3 Å². The SMILES string of the molecule is CC(NC(=O)C(NC(=O)C(N)Cc1cnc[nH]1)C(C)C)C(=O)NC(CC(N)=O)C(=O)O. The van der Waals surface area contributed by atoms with Gasteiger partial charge in [-0.3, -0.25) is 19.2 Å². The molecule has 1 aromatic rings. The van der Waals surface area contributed by atoms with Crippen molar-refractivity contribution in [2.45, 2.75) is 57.8 Å². The van der Waals surface area contributed by atoms with Gasteiger partial charge in [0.05, 0.1) is 18.8 Å². The minimum atomic E-state index is -1.52. The van der Waals surface area contributed by atoms with Gasteiger partial charge in [-0.2, -0.15) is 0 Å². The van der Waals surface area contributed by atoms with Crippen molar-refractivity contribution in [2.75, 3.05) is 0 Å². The highest BCUT2D eigenvalue weighted by atomic mass is 16.4. The average molecular weight is 439 g/mol. The first-order valence-corrected chi connectivity index (χ1v) is 9.57. The number of carboxylic acid groups (broad SMARTS) is 1. The van der Waals surface area contributed by atoms with Gasteiger partial charge in [0.15, 0.2) is 0 Å². The molecule has 1 heterocycles. The second kappa shape index (κ2) is 11.6. The van der Waals surface area contributed by atoms with Crippen molar-refractivity contribution >= 4 is 29.6 Å². The van der Waals surface area contributed by atoms with E-state index in [1.165, 1.54) is 19.4 Å². The monoisotopic (exact) mass is 439 g/mol. The number of aromatic nitrogens is 2. The predicted octanol–water partition coefficient (Wildman–Crippen LogP) is -2.63. The van der Waals surface area contributed by atoms with Crippen molar-refractivity contribution < 1.29 is 29.1 Å². The van der Waals surface area contributed by atoms with Gasteiger partial charge >= 0.3 is 5.97 Å². The van der Waals surface area contributed by atoms with E-state index in [2.05, 4.69) is 25.9 Å². The van der Waals surface area contributed by atoms with Crippen molar-refractivity contribution in [3.05, 3.63) is 18.2 Å². The number of imidazole rings is 1. The number of carboxylic acids is 1. The Labute approximate surface area is 178 Å². The fraction of sp³-hybridized carbons (Fsp3) is 0.556. The summed E-state index contributed by atoms with van der Waals surface area (Å²) in [6.45, 7) is 4.73. The summed E-state index contributed by atoms with van der Waals surface area (Å²) >= 11 is 0. The maximum atomic E-state index is 12.6. The van der Waals surface area contributed by atoms with Crippen LogP contribution in [0.2, 0.25) is 0 Å². The lowest BCUT2D eigenvalue weighted by atomic mass is 10.0. The molecule has 13 nitrogen and oxygen atoms in total. The molecule has 1 rings (SSSR count). The summed E-state index contributed by atoms with van der Waals surface area (Å²) in [5.74, 6) is -4.72. The maximum absolute atomic E-state index is 12.6. The second-order valence-electron chi connectivity index (χ2n) is 7.42. The van der Waals surface area contributed by atoms with Crippen LogP contribution < -0.4 is 27.4 Å². The summed E-state index contributed by atoms with van der Waals surface area (Å²) in [6, 6.07) is -4.58. The van der Waals surface area contributed by atoms with Crippen LogP contribution in [-0.4, -0.2) is 68.8 Å². The number of carbonyl (C=O) groups excluding carboxylic acids is 4. The molecule has 0 radical (unpaired) electrons. The van der Waals surface area contributed by atoms with E-state index >= 15 is 0 Å². The van der Waals surface area contributed by atoms with Crippen LogP contribution >= 0.6 is 0 Å². The Bertz CT molecular complexity index is 795. The molecule has 172 valence electrons. The molecule has 13 heteroatoms. The Hall–Kier alpha value is -3.48. The highest BCUT2D eigenvalue weighted by molar-refractivity contribution is 5.94. The van der Waals surface area contributed by atoms with Crippen LogP contribution in [0.1, 0.15) is 32.9 Å². The quantitative estimate of drug-likeness (QED) is 0.182. The van der Waals surface area contributed by atoms with Gasteiger partial charge in [0.2, 0.25) is 23.6 Å². The highest BCUT2D eigenvalue weighted by Gasteiger charge is 2.30. The van der Waals surface area contributed by atoms with Crippen LogP contribution in [-0.2, 0) is 30.4 Å². The minimum Gasteiger partial charge on any atom is -0.480 e. The van der Waals surface area contributed by atoms with Gasteiger partial charge in [-0.05, 0) is 12.8 Å². The Morgan fingerprint density at radius 3 is 2.19 bits per heavy atom. The number of aromatic amines is 1. The van der Waals surface area contributed by atoms with Gasteiger partial charge in [-0.1, -0.05) is 13.8 Å². The van der Waals surface area contributed by atoms with Crippen molar-refractivity contribution in [1.82, 2.24) is 25.9 Å². The number of nitrogens with one attached hydrogen (secondary N) is 4. The van der Waals surface area contributed by atoms with Gasteiger partial charge in [-0.15, -0.1) is 0 Å². The summed E-state index contributed by atoms with van der Waals surface area (Å²) in [5, 5.41) is 16.2. The number of rotatable bonds is 12. The van der Waals surface area contributed by atoms with E-state index in [1.807, 2.05) is 0 Å². The van der Waals surface area contributed by atoms with E-state index in [0.29, 0.717) is 5.69 Å². The highest BCUT2D eigenvalue weighted by Crippen LogP contribution is 2.05. The largest absolute Gasteiger partial charge is 0.480 e. The Morgan fingerprint density at radius 2 is 1.71 bits per heavy atom. The molecule has 0 fully saturated rings. The zero-order valence-corrected chi connectivity index (χ0v) is 17.5. The molecule has 0 aliphatic heterocycles. The Morgan fingerprint density at radius 1 is 1.06 bits per heavy atom. The summed E-state index contributed by atoms with van der Waals surface area (Å²) < 4.78 is 0. The average Bonchev–Trinajstić information content (AvgIpc) is 3.17. The molecule has 0 saturated carbocycles. The van der Waals surface area contributed by atoms with E-state index in [1.54, 1.807) is 13.8 Å². The summed E-state index contributed by atoms with van der Waals surface area (Å²) in [6.07, 6.45) is 2.58. The molecule has 0 aliphatic carbocycles. The summed E-state index contributed by atoms with van der Waals surface area (Å²) in [5.41, 5.74) is 11.5. The fourth-order valence-electron chi connectivity index (χ4n) is 2.59. The number of nitrogens with two attached hydrogens (primary N) is 2. The lowest BCUT2D eigenvalue weighted by Gasteiger charge is -2.25. The Kier molecular flexibility index (Phi) is 9.60. The molecular formula is C18H29N7O6. The number of aliphatic carboxylic acids is 1. The van der Waals surface area contributed by atoms with Crippen LogP contribution in [0.15, 0.2) is 12.5 Å². The molecule has 0 spiro atoms. The number of carbonyl (C=O) groups is 5. The van der Waals surface area contributed by atoms with E-state index in [-0.39, 0.29) is 12.3 Å². The number of amides is 4. The van der Waals surface area contributed by atoms with Gasteiger partial charge in [0.1, 0.15) is 18.1 Å². The first-order valence-electron chi connectivity index (χ1n) is 9.57. The zero-order chi connectivity index (χ0) is 23.7. The standard InChI is InChI=1S/C18H29N7O6/c1-8(2)14(25-16(28)11(19)4-10-6-21-7-22-10)17(29)23-9(3)15(27)24-12(18(30)31)5-13(20)26/h6-9,11-12,14H,4-5,19H2,1-3H3,(H2,20,26)(H,21,22)(H,23,29)(H,24,27)(H,25,28)(H,30,31). The van der Waals surface area contributed by atoms with Crippen LogP contribution in [0.25, 0.3) is 0 Å². The molecule has 4 atom stereocenters. The first-order chi connectivity index (χ1) is 14.4. The topological polar surface area (TPSA) is 222 Å². The molecular weight excluding hydrogens is 410 g/mol. The van der Waals surface area contributed by atoms with Crippen LogP contribution in [0.4, 0.5) is 0 Å². The van der Waals surface area contributed by atoms with E-state index in [0.717, 1.165) is 0 Å². The van der Waals surface area contributed by atoms with Gasteiger partial charge in [0.25, 0.3) is 0 Å². The third-order valence-electron chi connectivity index (χ3n) is 4.35. The van der Waals surface area contributed by atoms with E-state index < -0.39 is 60.2 Å². The number of hydrogen-bond donors (Lipinski definition) is 7. The predicted molar refractivity (Wildman–Crippen MR) is 108 cm³/mol. The van der Waals surface area contributed by atoms with Crippen LogP contribution in [0.5, 0.6) is 0 Å². The van der Waals surface area contributed by atoms with Gasteiger partial charge in [-0.25, -0.2) is 9.78 Å². The molecule has 4 amide bonds. The zero-order valence-electron chi connectivity index (χ0n) is 17.5. The molecule has 9 N–H and O–H groups in total. The summed E-state index contributed by atoms with van der Waals surface area (Å²) in [7, 11) is 0. The molecule has 4 unspecified atom stereocenters. The smallest absolute Gasteiger partial charge is 0.326 e. The van der Waals surface area contributed by atoms with Crippen molar-refractivity contribution in [3.63, 3.8) is 0 Å². The van der Waals surface area contributed by atoms with Crippen LogP contribution in [0.3, 0.4) is 0 Å². The third-order valence-corrected chi connectivity index (χ3v) is 4.35. The molecule has 0 bridgehead atoms. The van der Waals surface area contributed by atoms with Crippen molar-refractivity contribution in [3.8, 4) is 0 Å². The van der Waals surface area contributed by atoms with Crippen molar-refractivity contribution in [1.29, 1.82) is 0 Å². The number of H-pyrrole nitrogens is 1. The van der Waals surface area contributed by atoms with Crippen molar-refractivity contribution in [2.24, 2.45) is 17.4 Å². The first kappa shape index (κ1) is 25.6. The molecule has 31 heavy (non-hydrogen) atoms. The molecule has 0 aliphatic rings. The van der Waals surface area contributed by atoms with Crippen LogP contribution in [0, 0.1) is 5.92 Å². The second-order valence-corrected chi connectivity index (χ2v) is 7.42. The molecule has 1 aromatic heterocycles. The Balaban J connectivity index is 2.70. The lowest BCUT2D eigenvalue weighted by Crippen LogP contribution is -2.58. The normalized spacial score (nSPS) is 14.7. The number of hydrogen-bond acceptors (Lipinski definition) is 7. The summed E-state index contributed by atoms with van der Waals surface area (Å²) in [4.78, 5) is 66.0. The number of nitrogens with zero attached hydrogens (tertiary/aromatic N) is 1. The van der Waals surface area contributed by atoms with Gasteiger partial charge < -0.3 is 37.5 Å².